The molecule has 20 nitrogen and oxygen atoms in total. The van der Waals surface area contributed by atoms with Crippen molar-refractivity contribution in [2.75, 3.05) is 26.2 Å². The number of carboxylic acid groups (broad SMARTS) is 4. The van der Waals surface area contributed by atoms with E-state index in [1.165, 1.54) is 0 Å². The zero-order valence-corrected chi connectivity index (χ0v) is 29.1. The summed E-state index contributed by atoms with van der Waals surface area (Å²) in [4.78, 5) is 98.4. The Hall–Kier alpha value is -4.90. The lowest BCUT2D eigenvalue weighted by atomic mass is 10.1. The van der Waals surface area contributed by atoms with Gasteiger partial charge in [-0.15, -0.1) is 0 Å². The van der Waals surface area contributed by atoms with Gasteiger partial charge in [0.25, 0.3) is 0 Å². The number of unbranched alkanes of at least 4 members (excludes halogenated alkanes) is 2. The highest BCUT2D eigenvalue weighted by Crippen LogP contribution is 2.03. The van der Waals surface area contributed by atoms with E-state index >= 15 is 0 Å². The van der Waals surface area contributed by atoms with Gasteiger partial charge in [0.05, 0.1) is 0 Å². The Morgan fingerprint density at radius 1 is 0.500 bits per heavy atom. The van der Waals surface area contributed by atoms with Gasteiger partial charge in [-0.3, -0.25) is 9.59 Å². The van der Waals surface area contributed by atoms with Crippen molar-refractivity contribution in [2.45, 2.75) is 116 Å². The van der Waals surface area contributed by atoms with Crippen LogP contribution in [0, 0.1) is 0 Å². The number of carbonyl (C=O) groups excluding carboxylic acids is 6. The number of aliphatic carboxylic acids is 4. The lowest BCUT2D eigenvalue weighted by Crippen LogP contribution is -2.46. The summed E-state index contributed by atoms with van der Waals surface area (Å²) in [5.74, 6) is -4.00. The highest BCUT2D eigenvalue weighted by molar-refractivity contribution is 5.83. The summed E-state index contributed by atoms with van der Waals surface area (Å²) in [6.45, 7) is 10.2. The van der Waals surface area contributed by atoms with Gasteiger partial charge in [-0.05, 0) is 64.5 Å². The highest BCUT2D eigenvalue weighted by atomic mass is 16.4. The third kappa shape index (κ3) is 45.2. The number of hydrogen-bond donors (Lipinski definition) is 10. The van der Waals surface area contributed by atoms with Crippen LogP contribution in [0.4, 0.5) is 9.59 Å². The van der Waals surface area contributed by atoms with Crippen LogP contribution in [0.5, 0.6) is 0 Å². The van der Waals surface area contributed by atoms with E-state index in [0.717, 1.165) is 25.9 Å². The smallest absolute Gasteiger partial charge is 0.373 e. The van der Waals surface area contributed by atoms with Crippen LogP contribution in [0.15, 0.2) is 0 Å². The molecule has 0 rings (SSSR count). The normalized spacial score (nSPS) is 10.8. The highest BCUT2D eigenvalue weighted by Gasteiger charge is 2.20. The molecule has 20 heteroatoms. The van der Waals surface area contributed by atoms with E-state index in [4.69, 9.17) is 39.6 Å². The number of carbonyl (C=O) groups is 6. The van der Waals surface area contributed by atoms with Crippen LogP contribution in [0.2, 0.25) is 0 Å². The Bertz CT molecular complexity index is 950. The minimum Gasteiger partial charge on any atom is -0.481 e. The molecule has 4 amide bonds. The van der Waals surface area contributed by atoms with E-state index in [1.807, 2.05) is 27.7 Å². The average Bonchev–Trinajstić information content (AvgIpc) is 3.00. The summed E-state index contributed by atoms with van der Waals surface area (Å²) in [5, 5.41) is 51.2. The molecule has 0 radical (unpaired) electrons. The average molecular weight is 723 g/mol. The third-order valence-electron chi connectivity index (χ3n) is 5.86. The molecule has 2 atom stereocenters. The molecule has 0 aromatic carbocycles. The van der Waals surface area contributed by atoms with E-state index in [0.29, 0.717) is 50.6 Å². The van der Waals surface area contributed by atoms with E-state index in [2.05, 4.69) is 31.9 Å². The van der Waals surface area contributed by atoms with Crippen molar-refractivity contribution < 1.29 is 68.4 Å². The van der Waals surface area contributed by atoms with Crippen LogP contribution < -0.4 is 31.9 Å². The Balaban J connectivity index is -0.000000365. The van der Waals surface area contributed by atoms with E-state index in [-0.39, 0.29) is 38.2 Å². The lowest BCUT2D eigenvalue weighted by Gasteiger charge is -2.15. The summed E-state index contributed by atoms with van der Waals surface area (Å²) >= 11 is 0. The second-order valence-electron chi connectivity index (χ2n) is 11.0. The zero-order valence-electron chi connectivity index (χ0n) is 29.1. The summed E-state index contributed by atoms with van der Waals surface area (Å²) in [6.07, 6.45) is 4.81. The molecule has 0 saturated heterocycles. The summed E-state index contributed by atoms with van der Waals surface area (Å²) < 4.78 is 0. The Labute approximate surface area is 290 Å². The molecule has 0 aliphatic carbocycles. The van der Waals surface area contributed by atoms with Crippen molar-refractivity contribution in [3.05, 3.63) is 0 Å². The predicted octanol–water partition coefficient (Wildman–Crippen LogP) is 0.377. The molecule has 0 aliphatic heterocycles. The summed E-state index contributed by atoms with van der Waals surface area (Å²) in [5.41, 5.74) is 0. The van der Waals surface area contributed by atoms with Crippen molar-refractivity contribution in [1.29, 1.82) is 0 Å². The van der Waals surface area contributed by atoms with Crippen molar-refractivity contribution in [3.63, 3.8) is 0 Å². The molecule has 0 unspecified atom stereocenters. The monoisotopic (exact) mass is 722 g/mol. The number of amides is 4. The first-order chi connectivity index (χ1) is 23.5. The molecule has 0 spiro atoms. The SMILES string of the molecule is CC(C)NCCCC[C@@H](NC(=O)NCCCC(=O)O)C(=O)O.CC(C)NCCCC[C@H](NC(=O)NCCCC(=O)O)C(=O)O.O=C=O.O=C=O. The largest absolute Gasteiger partial charge is 0.481 e. The topological polar surface area (TPSA) is 324 Å². The summed E-state index contributed by atoms with van der Waals surface area (Å²) in [6, 6.07) is -2.25. The van der Waals surface area contributed by atoms with Crippen molar-refractivity contribution in [1.82, 2.24) is 31.9 Å². The van der Waals surface area contributed by atoms with Crippen molar-refractivity contribution >= 4 is 48.2 Å². The van der Waals surface area contributed by atoms with E-state index in [9.17, 15) is 28.8 Å². The van der Waals surface area contributed by atoms with Gasteiger partial charge in [0.15, 0.2) is 0 Å². The zero-order chi connectivity index (χ0) is 39.3. The Morgan fingerprint density at radius 2 is 0.800 bits per heavy atom. The van der Waals surface area contributed by atoms with Gasteiger partial charge in [-0.1, -0.05) is 27.7 Å². The second kappa shape index (κ2) is 36.9. The quantitative estimate of drug-likeness (QED) is 0.0602. The Kier molecular flexibility index (Phi) is 38.3. The van der Waals surface area contributed by atoms with Crippen LogP contribution in [0.25, 0.3) is 0 Å². The molecule has 0 aromatic rings. The van der Waals surface area contributed by atoms with Crippen LogP contribution in [0.1, 0.15) is 91.9 Å². The van der Waals surface area contributed by atoms with Crippen LogP contribution in [-0.2, 0) is 38.4 Å². The van der Waals surface area contributed by atoms with Gasteiger partial charge in [0, 0.05) is 38.0 Å². The molecule has 0 heterocycles. The lowest BCUT2D eigenvalue weighted by molar-refractivity contribution is -0.193. The maximum Gasteiger partial charge on any atom is 0.373 e. The van der Waals surface area contributed by atoms with Gasteiger partial charge >= 0.3 is 48.2 Å². The molecule has 10 N–H and O–H groups in total. The van der Waals surface area contributed by atoms with Crippen LogP contribution in [-0.4, -0.2) is 119 Å². The molecule has 0 aliphatic rings. The van der Waals surface area contributed by atoms with E-state index in [1.54, 1.807) is 0 Å². The van der Waals surface area contributed by atoms with Crippen molar-refractivity contribution in [3.8, 4) is 0 Å². The van der Waals surface area contributed by atoms with Crippen LogP contribution in [0.3, 0.4) is 0 Å². The maximum atomic E-state index is 11.5. The first kappa shape index (κ1) is 51.9. The number of carboxylic acids is 4. The molecular weight excluding hydrogens is 668 g/mol. The second-order valence-corrected chi connectivity index (χ2v) is 11.0. The molecule has 0 saturated carbocycles. The fourth-order valence-electron chi connectivity index (χ4n) is 3.54. The van der Waals surface area contributed by atoms with Gasteiger partial charge in [-0.25, -0.2) is 19.2 Å². The predicted molar refractivity (Wildman–Crippen MR) is 174 cm³/mol. The van der Waals surface area contributed by atoms with Gasteiger partial charge in [0.2, 0.25) is 0 Å². The molecule has 0 bridgehead atoms. The maximum absolute atomic E-state index is 11.5. The first-order valence-corrected chi connectivity index (χ1v) is 15.9. The van der Waals surface area contributed by atoms with E-state index < -0.39 is 48.0 Å². The molecular formula is C30H54N6O14. The number of rotatable bonds is 24. The molecule has 50 heavy (non-hydrogen) atoms. The number of hydrogen-bond acceptors (Lipinski definition) is 12. The summed E-state index contributed by atoms with van der Waals surface area (Å²) in [7, 11) is 0. The van der Waals surface area contributed by atoms with Crippen LogP contribution >= 0.6 is 0 Å². The van der Waals surface area contributed by atoms with Gasteiger partial charge < -0.3 is 52.3 Å². The Morgan fingerprint density at radius 3 is 1.04 bits per heavy atom. The number of urea groups is 2. The van der Waals surface area contributed by atoms with Gasteiger partial charge in [0.1, 0.15) is 12.1 Å². The van der Waals surface area contributed by atoms with Crippen molar-refractivity contribution in [2.24, 2.45) is 0 Å². The minimum absolute atomic E-state index is 0.0362. The third-order valence-corrected chi connectivity index (χ3v) is 5.86. The molecule has 0 fully saturated rings. The molecule has 288 valence electrons. The first-order valence-electron chi connectivity index (χ1n) is 15.9. The minimum atomic E-state index is -1.07. The fourth-order valence-corrected chi connectivity index (χ4v) is 3.54. The fraction of sp³-hybridized carbons (Fsp3) is 0.733. The molecule has 0 aromatic heterocycles. The number of nitrogens with one attached hydrogen (secondary N) is 6. The van der Waals surface area contributed by atoms with Gasteiger partial charge in [-0.2, -0.15) is 19.2 Å². The standard InChI is InChI=1S/2C14H27N3O5.2CO2/c2*1-10(2)15-8-4-3-6-11(13(20)21)17-14(22)16-9-5-7-12(18)19;2*2-1-3/h2*10-11,15H,3-9H2,1-2H3,(H,18,19)(H,20,21)(H2,16,17,22);;/t2*11-;;/m10../s1.